The summed E-state index contributed by atoms with van der Waals surface area (Å²) in [5, 5.41) is 12.4. The van der Waals surface area contributed by atoms with Crippen molar-refractivity contribution in [1.29, 1.82) is 0 Å². The Kier molecular flexibility index (Phi) is 6.52. The number of carboxylic acid groups (broad SMARTS) is 1. The van der Waals surface area contributed by atoms with E-state index in [4.69, 9.17) is 9.84 Å². The van der Waals surface area contributed by atoms with Gasteiger partial charge in [-0.15, -0.1) is 0 Å². The lowest BCUT2D eigenvalue weighted by Gasteiger charge is -2.26. The summed E-state index contributed by atoms with van der Waals surface area (Å²) >= 11 is 0. The molecule has 0 bridgehead atoms. The van der Waals surface area contributed by atoms with E-state index in [2.05, 4.69) is 12.2 Å². The molecule has 0 heterocycles. The molecule has 1 aliphatic rings. The quantitative estimate of drug-likeness (QED) is 0.715. The molecule has 0 aromatic rings. The number of methoxy groups -OCH3 is 1. The molecule has 1 saturated carbocycles. The molecule has 1 fully saturated rings. The maximum Gasteiger partial charge on any atom is 0.306 e. The van der Waals surface area contributed by atoms with Crippen molar-refractivity contribution < 1.29 is 14.6 Å². The van der Waals surface area contributed by atoms with E-state index in [1.165, 1.54) is 0 Å². The van der Waals surface area contributed by atoms with Gasteiger partial charge in [-0.3, -0.25) is 4.79 Å². The normalized spacial score (nSPS) is 26.7. The zero-order valence-electron chi connectivity index (χ0n) is 10.9. The van der Waals surface area contributed by atoms with E-state index >= 15 is 0 Å². The molecule has 0 aromatic heterocycles. The van der Waals surface area contributed by atoms with E-state index in [0.717, 1.165) is 45.4 Å². The van der Waals surface area contributed by atoms with Gasteiger partial charge in [0.1, 0.15) is 0 Å². The summed E-state index contributed by atoms with van der Waals surface area (Å²) in [6.07, 6.45) is 3.77. The molecule has 0 spiro atoms. The van der Waals surface area contributed by atoms with Gasteiger partial charge in [0.25, 0.3) is 0 Å². The van der Waals surface area contributed by atoms with Gasteiger partial charge in [-0.05, 0) is 50.6 Å². The van der Waals surface area contributed by atoms with Crippen LogP contribution in [0.4, 0.5) is 0 Å². The largest absolute Gasteiger partial charge is 0.481 e. The summed E-state index contributed by atoms with van der Waals surface area (Å²) in [6.45, 7) is 4.95. The van der Waals surface area contributed by atoms with Crippen molar-refractivity contribution in [3.63, 3.8) is 0 Å². The topological polar surface area (TPSA) is 58.6 Å². The Morgan fingerprint density at radius 3 is 2.59 bits per heavy atom. The van der Waals surface area contributed by atoms with E-state index in [-0.39, 0.29) is 5.92 Å². The van der Waals surface area contributed by atoms with Crippen LogP contribution in [0, 0.1) is 17.8 Å². The fourth-order valence-electron chi connectivity index (χ4n) is 2.49. The highest BCUT2D eigenvalue weighted by atomic mass is 16.5. The number of hydrogen-bond acceptors (Lipinski definition) is 3. The van der Waals surface area contributed by atoms with Crippen LogP contribution in [0.15, 0.2) is 0 Å². The molecule has 17 heavy (non-hydrogen) atoms. The van der Waals surface area contributed by atoms with Gasteiger partial charge in [-0.25, -0.2) is 0 Å². The molecule has 0 aromatic carbocycles. The summed E-state index contributed by atoms with van der Waals surface area (Å²) in [5.74, 6) is 0.472. The summed E-state index contributed by atoms with van der Waals surface area (Å²) in [7, 11) is 1.73. The zero-order chi connectivity index (χ0) is 12.7. The minimum absolute atomic E-state index is 0.0985. The predicted octanol–water partition coefficient (Wildman–Crippen LogP) is 1.75. The molecule has 2 N–H and O–H groups in total. The Morgan fingerprint density at radius 1 is 1.41 bits per heavy atom. The Hall–Kier alpha value is -0.610. The van der Waals surface area contributed by atoms with Crippen molar-refractivity contribution in [3.8, 4) is 0 Å². The highest BCUT2D eigenvalue weighted by Crippen LogP contribution is 2.28. The second-order valence-corrected chi connectivity index (χ2v) is 5.27. The molecule has 1 atom stereocenters. The van der Waals surface area contributed by atoms with Crippen molar-refractivity contribution in [3.05, 3.63) is 0 Å². The molecule has 0 amide bonds. The van der Waals surface area contributed by atoms with E-state index in [1.807, 2.05) is 0 Å². The highest BCUT2D eigenvalue weighted by Gasteiger charge is 2.25. The van der Waals surface area contributed by atoms with E-state index in [0.29, 0.717) is 11.8 Å². The van der Waals surface area contributed by atoms with Crippen LogP contribution in [0.2, 0.25) is 0 Å². The van der Waals surface area contributed by atoms with Crippen LogP contribution < -0.4 is 5.32 Å². The lowest BCUT2D eigenvalue weighted by Crippen LogP contribution is -2.31. The average molecular weight is 243 g/mol. The van der Waals surface area contributed by atoms with Crippen molar-refractivity contribution in [2.24, 2.45) is 17.8 Å². The third-order valence-corrected chi connectivity index (χ3v) is 3.57. The van der Waals surface area contributed by atoms with Gasteiger partial charge in [-0.1, -0.05) is 6.92 Å². The first-order valence-corrected chi connectivity index (χ1v) is 6.56. The molecule has 1 aliphatic carbocycles. The number of carboxylic acids is 1. The molecule has 4 nitrogen and oxygen atoms in total. The first-order chi connectivity index (χ1) is 8.13. The minimum Gasteiger partial charge on any atom is -0.481 e. The highest BCUT2D eigenvalue weighted by molar-refractivity contribution is 5.69. The number of ether oxygens (including phenoxy) is 1. The smallest absolute Gasteiger partial charge is 0.306 e. The first kappa shape index (κ1) is 14.5. The van der Waals surface area contributed by atoms with Gasteiger partial charge in [0.05, 0.1) is 5.92 Å². The van der Waals surface area contributed by atoms with E-state index in [1.54, 1.807) is 7.11 Å². The maximum atomic E-state index is 10.8. The Bertz CT molecular complexity index is 225. The fraction of sp³-hybridized carbons (Fsp3) is 0.923. The van der Waals surface area contributed by atoms with E-state index < -0.39 is 5.97 Å². The van der Waals surface area contributed by atoms with Crippen molar-refractivity contribution >= 4 is 5.97 Å². The Labute approximate surface area is 104 Å². The summed E-state index contributed by atoms with van der Waals surface area (Å²) in [5.41, 5.74) is 0. The zero-order valence-corrected chi connectivity index (χ0v) is 10.9. The number of hydrogen-bond donors (Lipinski definition) is 2. The number of aliphatic carboxylic acids is 1. The molecular formula is C13H25NO3. The molecule has 4 heteroatoms. The predicted molar refractivity (Wildman–Crippen MR) is 67.0 cm³/mol. The van der Waals surface area contributed by atoms with Gasteiger partial charge in [0, 0.05) is 13.7 Å². The van der Waals surface area contributed by atoms with Crippen LogP contribution in [0.1, 0.15) is 32.6 Å². The molecule has 0 saturated heterocycles. The monoisotopic (exact) mass is 243 g/mol. The molecule has 0 aliphatic heterocycles. The lowest BCUT2D eigenvalue weighted by atomic mass is 9.82. The van der Waals surface area contributed by atoms with Crippen LogP contribution in [0.5, 0.6) is 0 Å². The lowest BCUT2D eigenvalue weighted by molar-refractivity contribution is -0.143. The van der Waals surface area contributed by atoms with Gasteiger partial charge in [-0.2, -0.15) is 0 Å². The first-order valence-electron chi connectivity index (χ1n) is 6.56. The summed E-state index contributed by atoms with van der Waals surface area (Å²) in [6, 6.07) is 0. The number of nitrogens with one attached hydrogen (secondary N) is 1. The maximum absolute atomic E-state index is 10.8. The van der Waals surface area contributed by atoms with Gasteiger partial charge >= 0.3 is 5.97 Å². The summed E-state index contributed by atoms with van der Waals surface area (Å²) < 4.78 is 5.08. The van der Waals surface area contributed by atoms with Crippen LogP contribution in [-0.2, 0) is 9.53 Å². The van der Waals surface area contributed by atoms with Crippen LogP contribution in [0.3, 0.4) is 0 Å². The van der Waals surface area contributed by atoms with Crippen LogP contribution in [0.25, 0.3) is 0 Å². The Morgan fingerprint density at radius 2 is 2.06 bits per heavy atom. The third kappa shape index (κ3) is 5.50. The Balaban J connectivity index is 2.08. The van der Waals surface area contributed by atoms with Crippen LogP contribution in [-0.4, -0.2) is 37.9 Å². The fourth-order valence-corrected chi connectivity index (χ4v) is 2.49. The van der Waals surface area contributed by atoms with E-state index in [9.17, 15) is 4.79 Å². The van der Waals surface area contributed by atoms with Gasteiger partial charge < -0.3 is 15.2 Å². The second-order valence-electron chi connectivity index (χ2n) is 5.27. The van der Waals surface area contributed by atoms with Gasteiger partial charge in [0.15, 0.2) is 0 Å². The third-order valence-electron chi connectivity index (χ3n) is 3.57. The van der Waals surface area contributed by atoms with Gasteiger partial charge in [0.2, 0.25) is 0 Å². The number of rotatable bonds is 7. The summed E-state index contributed by atoms with van der Waals surface area (Å²) in [4.78, 5) is 10.8. The number of carbonyl (C=O) groups is 1. The molecule has 1 unspecified atom stereocenters. The second kappa shape index (κ2) is 7.67. The SMILES string of the molecule is COCC(C)CNCC1CCC(C(=O)O)CC1. The molecule has 1 rings (SSSR count). The molecule has 0 radical (unpaired) electrons. The van der Waals surface area contributed by atoms with Crippen LogP contribution >= 0.6 is 0 Å². The standard InChI is InChI=1S/C13H25NO3/c1-10(9-17-2)7-14-8-11-3-5-12(6-4-11)13(15)16/h10-12,14H,3-9H2,1-2H3,(H,15,16). The van der Waals surface area contributed by atoms with Crippen molar-refractivity contribution in [1.82, 2.24) is 5.32 Å². The van der Waals surface area contributed by atoms with Crippen molar-refractivity contribution in [2.75, 3.05) is 26.8 Å². The van der Waals surface area contributed by atoms with Crippen molar-refractivity contribution in [2.45, 2.75) is 32.6 Å². The average Bonchev–Trinajstić information content (AvgIpc) is 2.30. The molecular weight excluding hydrogens is 218 g/mol. The minimum atomic E-state index is -0.620. The molecule has 100 valence electrons.